The maximum Gasteiger partial charge on any atom is 0.262 e. The topological polar surface area (TPSA) is 42.7 Å². The highest BCUT2D eigenvalue weighted by atomic mass is 19.1. The van der Waals surface area contributed by atoms with Crippen LogP contribution in [-0.4, -0.2) is 31.0 Å². The summed E-state index contributed by atoms with van der Waals surface area (Å²) in [5, 5.41) is 0.940. The number of para-hydroxylation sites is 1. The first kappa shape index (κ1) is 16.1. The van der Waals surface area contributed by atoms with Crippen LogP contribution < -0.4 is 4.74 Å². The molecule has 0 aliphatic carbocycles. The molecule has 3 rings (SSSR count). The molecule has 0 saturated heterocycles. The molecular formula is C19H18FNO3. The summed E-state index contributed by atoms with van der Waals surface area (Å²) in [4.78, 5) is 13.3. The largest absolute Gasteiger partial charge is 0.481 e. The van der Waals surface area contributed by atoms with Gasteiger partial charge in [-0.3, -0.25) is 4.79 Å². The number of nitrogens with zero attached hydrogens (tertiary/aromatic N) is 1. The van der Waals surface area contributed by atoms with E-state index in [9.17, 15) is 9.18 Å². The molecule has 2 aromatic carbocycles. The van der Waals surface area contributed by atoms with Crippen LogP contribution >= 0.6 is 0 Å². The van der Waals surface area contributed by atoms with Gasteiger partial charge in [-0.2, -0.15) is 0 Å². The van der Waals surface area contributed by atoms with Gasteiger partial charge in [0.2, 0.25) is 0 Å². The van der Waals surface area contributed by atoms with Gasteiger partial charge in [0.15, 0.2) is 6.10 Å². The van der Waals surface area contributed by atoms with Gasteiger partial charge in [-0.25, -0.2) is 4.39 Å². The van der Waals surface area contributed by atoms with E-state index in [-0.39, 0.29) is 11.7 Å². The molecule has 1 heterocycles. The van der Waals surface area contributed by atoms with E-state index >= 15 is 0 Å². The lowest BCUT2D eigenvalue weighted by Gasteiger charge is -2.18. The Labute approximate surface area is 139 Å². The Balaban J connectivity index is 1.92. The minimum atomic E-state index is -0.703. The average molecular weight is 327 g/mol. The van der Waals surface area contributed by atoms with Crippen molar-refractivity contribution in [1.29, 1.82) is 0 Å². The first-order valence-corrected chi connectivity index (χ1v) is 7.61. The van der Waals surface area contributed by atoms with E-state index in [0.29, 0.717) is 11.3 Å². The van der Waals surface area contributed by atoms with Gasteiger partial charge in [0.1, 0.15) is 22.9 Å². The molecule has 0 radical (unpaired) electrons. The summed E-state index contributed by atoms with van der Waals surface area (Å²) in [6.45, 7) is 1.63. The van der Waals surface area contributed by atoms with Crippen LogP contribution in [0.4, 0.5) is 4.39 Å². The van der Waals surface area contributed by atoms with Crippen LogP contribution in [0.1, 0.15) is 6.92 Å². The van der Waals surface area contributed by atoms with E-state index in [2.05, 4.69) is 0 Å². The number of carbonyl (C=O) groups is 1. The summed E-state index contributed by atoms with van der Waals surface area (Å²) in [6.07, 6.45) is -0.703. The molecule has 0 saturated carbocycles. The third-order valence-electron chi connectivity index (χ3n) is 3.68. The molecule has 0 bridgehead atoms. The quantitative estimate of drug-likeness (QED) is 0.725. The van der Waals surface area contributed by atoms with Crippen LogP contribution in [0.3, 0.4) is 0 Å². The zero-order valence-corrected chi connectivity index (χ0v) is 13.7. The fourth-order valence-corrected chi connectivity index (χ4v) is 2.52. The second kappa shape index (κ2) is 6.35. The molecule has 0 fully saturated rings. The van der Waals surface area contributed by atoms with Crippen molar-refractivity contribution in [2.75, 3.05) is 14.1 Å². The molecule has 0 aliphatic heterocycles. The lowest BCUT2D eigenvalue weighted by molar-refractivity contribution is -0.135. The van der Waals surface area contributed by atoms with E-state index in [4.69, 9.17) is 9.15 Å². The predicted octanol–water partition coefficient (Wildman–Crippen LogP) is 4.09. The van der Waals surface area contributed by atoms with Gasteiger partial charge in [0, 0.05) is 31.1 Å². The smallest absolute Gasteiger partial charge is 0.262 e. The number of hydrogen-bond acceptors (Lipinski definition) is 3. The third kappa shape index (κ3) is 3.25. The number of likely N-dealkylation sites (N-methyl/N-ethyl adjacent to an activating group) is 1. The molecule has 124 valence electrons. The Bertz CT molecular complexity index is 852. The summed E-state index contributed by atoms with van der Waals surface area (Å²) < 4.78 is 25.3. The molecule has 1 aromatic heterocycles. The van der Waals surface area contributed by atoms with Gasteiger partial charge in [0.25, 0.3) is 5.91 Å². The SMILES string of the molecule is CC(Oc1cc(F)cc(-c2cc3ccccc3o2)c1)C(=O)N(C)C. The number of amides is 1. The van der Waals surface area contributed by atoms with Crippen molar-refractivity contribution < 1.29 is 18.3 Å². The molecule has 0 spiro atoms. The van der Waals surface area contributed by atoms with Crippen LogP contribution in [0.15, 0.2) is 52.9 Å². The first-order chi connectivity index (χ1) is 11.4. The van der Waals surface area contributed by atoms with Crippen molar-refractivity contribution in [3.05, 3.63) is 54.3 Å². The Morgan fingerprint density at radius 2 is 1.92 bits per heavy atom. The summed E-state index contributed by atoms with van der Waals surface area (Å²) in [5.74, 6) is 0.192. The number of carbonyl (C=O) groups excluding carboxylic acids is 1. The highest BCUT2D eigenvalue weighted by Crippen LogP contribution is 2.31. The lowest BCUT2D eigenvalue weighted by Crippen LogP contribution is -2.35. The van der Waals surface area contributed by atoms with Gasteiger partial charge >= 0.3 is 0 Å². The van der Waals surface area contributed by atoms with Crippen molar-refractivity contribution in [3.63, 3.8) is 0 Å². The van der Waals surface area contributed by atoms with Crippen molar-refractivity contribution in [3.8, 4) is 17.1 Å². The number of hydrogen-bond donors (Lipinski definition) is 0. The zero-order chi connectivity index (χ0) is 17.3. The summed E-state index contributed by atoms with van der Waals surface area (Å²) in [5.41, 5.74) is 1.29. The monoisotopic (exact) mass is 327 g/mol. The van der Waals surface area contributed by atoms with Crippen molar-refractivity contribution >= 4 is 16.9 Å². The van der Waals surface area contributed by atoms with Gasteiger partial charge < -0.3 is 14.1 Å². The van der Waals surface area contributed by atoms with Crippen LogP contribution in [0, 0.1) is 5.82 Å². The van der Waals surface area contributed by atoms with E-state index < -0.39 is 11.9 Å². The second-order valence-corrected chi connectivity index (χ2v) is 5.82. The van der Waals surface area contributed by atoms with E-state index in [1.807, 2.05) is 30.3 Å². The highest BCUT2D eigenvalue weighted by Gasteiger charge is 2.18. The fraction of sp³-hybridized carbons (Fsp3) is 0.211. The highest BCUT2D eigenvalue weighted by molar-refractivity contribution is 5.83. The van der Waals surface area contributed by atoms with Gasteiger partial charge in [-0.05, 0) is 31.2 Å². The molecule has 0 N–H and O–H groups in total. The van der Waals surface area contributed by atoms with E-state index in [1.54, 1.807) is 27.1 Å². The number of halogens is 1. The number of fused-ring (bicyclic) bond motifs is 1. The average Bonchev–Trinajstić information content (AvgIpc) is 2.97. The zero-order valence-electron chi connectivity index (χ0n) is 13.7. The van der Waals surface area contributed by atoms with Gasteiger partial charge in [-0.15, -0.1) is 0 Å². The normalized spacial score (nSPS) is 12.2. The Morgan fingerprint density at radius 3 is 2.62 bits per heavy atom. The van der Waals surface area contributed by atoms with Crippen molar-refractivity contribution in [2.24, 2.45) is 0 Å². The summed E-state index contributed by atoms with van der Waals surface area (Å²) in [6, 6.07) is 13.7. The molecule has 4 nitrogen and oxygen atoms in total. The summed E-state index contributed by atoms with van der Waals surface area (Å²) in [7, 11) is 3.29. The third-order valence-corrected chi connectivity index (χ3v) is 3.68. The Kier molecular flexibility index (Phi) is 4.25. The molecule has 1 unspecified atom stereocenters. The van der Waals surface area contributed by atoms with Gasteiger partial charge in [-0.1, -0.05) is 18.2 Å². The number of ether oxygens (including phenoxy) is 1. The molecule has 3 aromatic rings. The number of benzene rings is 2. The molecule has 0 aliphatic rings. The minimum Gasteiger partial charge on any atom is -0.481 e. The van der Waals surface area contributed by atoms with Crippen LogP contribution in [0.2, 0.25) is 0 Å². The van der Waals surface area contributed by atoms with Crippen LogP contribution in [0.5, 0.6) is 5.75 Å². The molecular weight excluding hydrogens is 309 g/mol. The van der Waals surface area contributed by atoms with Crippen molar-refractivity contribution in [1.82, 2.24) is 4.90 Å². The minimum absolute atomic E-state index is 0.190. The van der Waals surface area contributed by atoms with Crippen molar-refractivity contribution in [2.45, 2.75) is 13.0 Å². The second-order valence-electron chi connectivity index (χ2n) is 5.82. The maximum absolute atomic E-state index is 14.0. The summed E-state index contributed by atoms with van der Waals surface area (Å²) >= 11 is 0. The van der Waals surface area contributed by atoms with Crippen LogP contribution in [0.25, 0.3) is 22.3 Å². The lowest BCUT2D eigenvalue weighted by atomic mass is 10.1. The van der Waals surface area contributed by atoms with E-state index in [1.165, 1.54) is 17.0 Å². The first-order valence-electron chi connectivity index (χ1n) is 7.61. The van der Waals surface area contributed by atoms with Gasteiger partial charge in [0.05, 0.1) is 0 Å². The fourth-order valence-electron chi connectivity index (χ4n) is 2.52. The molecule has 1 amide bonds. The van der Waals surface area contributed by atoms with Crippen LogP contribution in [-0.2, 0) is 4.79 Å². The predicted molar refractivity (Wildman–Crippen MR) is 90.4 cm³/mol. The Morgan fingerprint density at radius 1 is 1.17 bits per heavy atom. The maximum atomic E-state index is 14.0. The number of rotatable bonds is 4. The molecule has 1 atom stereocenters. The number of furan rings is 1. The standard InChI is InChI=1S/C19H18FNO3/c1-12(19(22)21(2)3)23-16-9-14(8-15(20)11-16)18-10-13-6-4-5-7-17(13)24-18/h4-12H,1-3H3. The van der Waals surface area contributed by atoms with E-state index in [0.717, 1.165) is 11.0 Å². The molecule has 24 heavy (non-hydrogen) atoms. The Hall–Kier alpha value is -2.82. The molecule has 5 heteroatoms.